The monoisotopic (exact) mass is 430 g/mol. The summed E-state index contributed by atoms with van der Waals surface area (Å²) in [7, 11) is 0. The highest BCUT2D eigenvalue weighted by atomic mass is 16.7. The van der Waals surface area contributed by atoms with Crippen molar-refractivity contribution in [1.29, 1.82) is 0 Å². The van der Waals surface area contributed by atoms with Crippen LogP contribution in [0.2, 0.25) is 0 Å². The Bertz CT molecular complexity index is 1170. The van der Waals surface area contributed by atoms with Crippen molar-refractivity contribution in [2.24, 2.45) is 0 Å². The largest absolute Gasteiger partial charge is 0.382 e. The van der Waals surface area contributed by atoms with E-state index < -0.39 is 5.79 Å². The quantitative estimate of drug-likeness (QED) is 0.449. The van der Waals surface area contributed by atoms with E-state index in [1.807, 2.05) is 72.8 Å². The fourth-order valence-electron chi connectivity index (χ4n) is 4.10. The highest BCUT2D eigenvalue weighted by Gasteiger charge is 2.43. The van der Waals surface area contributed by atoms with Gasteiger partial charge in [-0.1, -0.05) is 60.7 Å². The first-order valence-electron chi connectivity index (χ1n) is 10.8. The molecule has 1 aliphatic rings. The van der Waals surface area contributed by atoms with Crippen molar-refractivity contribution in [1.82, 2.24) is 14.6 Å². The number of benzene rings is 2. The molecule has 0 aliphatic carbocycles. The van der Waals surface area contributed by atoms with Crippen LogP contribution in [0.1, 0.15) is 35.8 Å². The number of hydrogen-bond acceptors (Lipinski definition) is 6. The molecule has 2 aromatic heterocycles. The number of fused-ring (bicyclic) bond motifs is 1. The first kappa shape index (κ1) is 20.6. The molecule has 1 fully saturated rings. The van der Waals surface area contributed by atoms with Crippen LogP contribution in [0, 0.1) is 0 Å². The zero-order valence-electron chi connectivity index (χ0n) is 17.8. The van der Waals surface area contributed by atoms with Gasteiger partial charge in [0.25, 0.3) is 0 Å². The predicted octanol–water partition coefficient (Wildman–Crippen LogP) is 4.29. The summed E-state index contributed by atoms with van der Waals surface area (Å²) >= 11 is 0. The van der Waals surface area contributed by atoms with Gasteiger partial charge in [-0.05, 0) is 29.7 Å². The van der Waals surface area contributed by atoms with E-state index in [1.54, 1.807) is 4.52 Å². The Hall–Kier alpha value is -3.26. The van der Waals surface area contributed by atoms with Crippen LogP contribution in [0.4, 0.5) is 5.82 Å². The maximum atomic E-state index is 6.53. The molecule has 2 aromatic carbocycles. The Morgan fingerprint density at radius 2 is 1.69 bits per heavy atom. The molecule has 2 N–H and O–H groups in total. The van der Waals surface area contributed by atoms with E-state index in [0.717, 1.165) is 28.8 Å². The summed E-state index contributed by atoms with van der Waals surface area (Å²) in [5.41, 5.74) is 9.91. The molecule has 0 spiro atoms. The number of nitrogens with zero attached hydrogens (tertiary/aromatic N) is 3. The number of anilines is 1. The van der Waals surface area contributed by atoms with Gasteiger partial charge in [0.15, 0.2) is 11.6 Å². The average Bonchev–Trinajstić information content (AvgIpc) is 3.45. The van der Waals surface area contributed by atoms with E-state index >= 15 is 0 Å². The predicted molar refractivity (Wildman–Crippen MR) is 121 cm³/mol. The van der Waals surface area contributed by atoms with Crippen molar-refractivity contribution in [3.8, 4) is 0 Å². The number of nitrogen functional groups attached to an aromatic ring is 1. The fraction of sp³-hybridized carbons (Fsp3) is 0.280. The average molecular weight is 431 g/mol. The number of hydrogen-bond donors (Lipinski definition) is 1. The normalized spacial score (nSPS) is 20.7. The van der Waals surface area contributed by atoms with Crippen molar-refractivity contribution >= 4 is 11.3 Å². The summed E-state index contributed by atoms with van der Waals surface area (Å²) in [6.07, 6.45) is 2.79. The van der Waals surface area contributed by atoms with Crippen LogP contribution < -0.4 is 5.73 Å². The maximum Gasteiger partial charge on any atom is 0.193 e. The molecule has 7 heteroatoms. The summed E-state index contributed by atoms with van der Waals surface area (Å²) < 4.78 is 20.8. The minimum atomic E-state index is -0.835. The molecule has 0 bridgehead atoms. The third-order valence-corrected chi connectivity index (χ3v) is 5.76. The van der Waals surface area contributed by atoms with Crippen molar-refractivity contribution in [2.75, 3.05) is 12.3 Å². The van der Waals surface area contributed by atoms with Gasteiger partial charge in [-0.2, -0.15) is 5.10 Å². The van der Waals surface area contributed by atoms with Gasteiger partial charge < -0.3 is 19.9 Å². The zero-order chi connectivity index (χ0) is 21.8. The van der Waals surface area contributed by atoms with Gasteiger partial charge in [0, 0.05) is 6.42 Å². The molecule has 7 nitrogen and oxygen atoms in total. The van der Waals surface area contributed by atoms with Crippen LogP contribution in [0.3, 0.4) is 0 Å². The third-order valence-electron chi connectivity index (χ3n) is 5.76. The molecular formula is C25H26N4O3. The highest BCUT2D eigenvalue weighted by molar-refractivity contribution is 5.65. The van der Waals surface area contributed by atoms with Gasteiger partial charge in [0.1, 0.15) is 24.6 Å². The molecular weight excluding hydrogens is 404 g/mol. The molecule has 1 saturated heterocycles. The van der Waals surface area contributed by atoms with Gasteiger partial charge in [-0.25, -0.2) is 9.50 Å². The van der Waals surface area contributed by atoms with E-state index in [9.17, 15) is 0 Å². The van der Waals surface area contributed by atoms with Crippen molar-refractivity contribution in [3.05, 3.63) is 95.9 Å². The minimum absolute atomic E-state index is 0.178. The fourth-order valence-corrected chi connectivity index (χ4v) is 4.10. The van der Waals surface area contributed by atoms with E-state index in [2.05, 4.69) is 10.1 Å². The summed E-state index contributed by atoms with van der Waals surface area (Å²) in [5, 5.41) is 4.36. The molecule has 2 unspecified atom stereocenters. The van der Waals surface area contributed by atoms with Crippen molar-refractivity contribution < 1.29 is 14.2 Å². The third kappa shape index (κ3) is 4.36. The van der Waals surface area contributed by atoms with Crippen LogP contribution in [-0.4, -0.2) is 27.0 Å². The van der Waals surface area contributed by atoms with Crippen LogP contribution in [0.25, 0.3) is 5.52 Å². The van der Waals surface area contributed by atoms with Gasteiger partial charge in [-0.15, -0.1) is 0 Å². The number of nitrogens with two attached hydrogens (primary N) is 1. The second-order valence-corrected chi connectivity index (χ2v) is 8.01. The standard InChI is InChI=1S/C25H26N4O3/c26-24-22-12-11-21(29(22)28-18-27-24)23-13-14-25(32-23,31-16-20-9-5-2-6-10-20)17-30-15-19-7-3-1-4-8-19/h1-12,18,23H,13-17H2,(H2,26,27,28). The lowest BCUT2D eigenvalue weighted by molar-refractivity contribution is -0.260. The lowest BCUT2D eigenvalue weighted by Crippen LogP contribution is -2.37. The molecule has 164 valence electrons. The summed E-state index contributed by atoms with van der Waals surface area (Å²) in [4.78, 5) is 4.07. The molecule has 1 aliphatic heterocycles. The molecule has 0 amide bonds. The molecule has 0 saturated carbocycles. The zero-order valence-corrected chi connectivity index (χ0v) is 17.8. The van der Waals surface area contributed by atoms with E-state index in [0.29, 0.717) is 32.1 Å². The topological polar surface area (TPSA) is 83.9 Å². The molecule has 4 aromatic rings. The van der Waals surface area contributed by atoms with Gasteiger partial charge in [-0.3, -0.25) is 0 Å². The highest BCUT2D eigenvalue weighted by Crippen LogP contribution is 2.41. The van der Waals surface area contributed by atoms with Crippen LogP contribution in [0.5, 0.6) is 0 Å². The molecule has 3 heterocycles. The Kier molecular flexibility index (Phi) is 5.85. The number of ether oxygens (including phenoxy) is 3. The molecule has 2 atom stereocenters. The Morgan fingerprint density at radius 1 is 0.969 bits per heavy atom. The van der Waals surface area contributed by atoms with Crippen LogP contribution in [0.15, 0.2) is 79.1 Å². The van der Waals surface area contributed by atoms with E-state index in [-0.39, 0.29) is 6.10 Å². The first-order valence-corrected chi connectivity index (χ1v) is 10.8. The maximum absolute atomic E-state index is 6.53. The minimum Gasteiger partial charge on any atom is -0.382 e. The summed E-state index contributed by atoms with van der Waals surface area (Å²) in [6, 6.07) is 24.1. The molecule has 32 heavy (non-hydrogen) atoms. The number of aromatic nitrogens is 3. The Balaban J connectivity index is 1.33. The second-order valence-electron chi connectivity index (χ2n) is 8.01. The van der Waals surface area contributed by atoms with E-state index in [1.165, 1.54) is 6.33 Å². The summed E-state index contributed by atoms with van der Waals surface area (Å²) in [6.45, 7) is 1.29. The molecule has 0 radical (unpaired) electrons. The Morgan fingerprint density at radius 3 is 2.44 bits per heavy atom. The van der Waals surface area contributed by atoms with Gasteiger partial charge >= 0.3 is 0 Å². The van der Waals surface area contributed by atoms with Crippen molar-refractivity contribution in [3.63, 3.8) is 0 Å². The first-order chi connectivity index (χ1) is 15.7. The van der Waals surface area contributed by atoms with Crippen LogP contribution >= 0.6 is 0 Å². The SMILES string of the molecule is Nc1ncnn2c(C3CCC(COCc4ccccc4)(OCc4ccccc4)O3)ccc12. The smallest absolute Gasteiger partial charge is 0.193 e. The van der Waals surface area contributed by atoms with E-state index in [4.69, 9.17) is 19.9 Å². The lowest BCUT2D eigenvalue weighted by atomic mass is 10.1. The Labute approximate surface area is 186 Å². The number of rotatable bonds is 8. The van der Waals surface area contributed by atoms with Gasteiger partial charge in [0.05, 0.1) is 18.9 Å². The van der Waals surface area contributed by atoms with Crippen molar-refractivity contribution in [2.45, 2.75) is 37.9 Å². The van der Waals surface area contributed by atoms with Gasteiger partial charge in [0.2, 0.25) is 0 Å². The lowest BCUT2D eigenvalue weighted by Gasteiger charge is -2.29. The van der Waals surface area contributed by atoms with Crippen LogP contribution in [-0.2, 0) is 27.4 Å². The second kappa shape index (κ2) is 9.08. The molecule has 5 rings (SSSR count). The summed E-state index contributed by atoms with van der Waals surface area (Å²) in [5.74, 6) is -0.389.